The molecule has 28 heavy (non-hydrogen) atoms. The number of benzene rings is 2. The number of hydrogen-bond acceptors (Lipinski definition) is 5. The molecule has 142 valence electrons. The van der Waals surface area contributed by atoms with Gasteiger partial charge in [0.25, 0.3) is 11.1 Å². The Morgan fingerprint density at radius 1 is 1.18 bits per heavy atom. The van der Waals surface area contributed by atoms with Gasteiger partial charge in [-0.05, 0) is 24.3 Å². The van der Waals surface area contributed by atoms with Gasteiger partial charge in [-0.15, -0.1) is 0 Å². The summed E-state index contributed by atoms with van der Waals surface area (Å²) in [5.41, 5.74) is 1.51. The molecule has 0 atom stereocenters. The molecule has 0 saturated carbocycles. The number of likely N-dealkylation sites (tertiary alicyclic amines) is 1. The minimum atomic E-state index is -0.0681. The fourth-order valence-electron chi connectivity index (χ4n) is 3.51. The summed E-state index contributed by atoms with van der Waals surface area (Å²) in [5, 5.41) is 2.21. The van der Waals surface area contributed by atoms with Crippen molar-refractivity contribution in [1.29, 1.82) is 0 Å². The van der Waals surface area contributed by atoms with E-state index in [4.69, 9.17) is 20.8 Å². The highest BCUT2D eigenvalue weighted by molar-refractivity contribution is 7.20. The first-order valence-electron chi connectivity index (χ1n) is 9.17. The molecule has 0 N–H and O–H groups in total. The van der Waals surface area contributed by atoms with Crippen molar-refractivity contribution in [3.63, 3.8) is 0 Å². The zero-order chi connectivity index (χ0) is 19.1. The highest BCUT2D eigenvalue weighted by Gasteiger charge is 2.27. The second kappa shape index (κ2) is 7.11. The van der Waals surface area contributed by atoms with E-state index in [0.717, 1.165) is 34.0 Å². The minimum absolute atomic E-state index is 0.0408. The van der Waals surface area contributed by atoms with Gasteiger partial charge in [-0.2, -0.15) is 0 Å². The maximum absolute atomic E-state index is 12.8. The summed E-state index contributed by atoms with van der Waals surface area (Å²) in [5.74, 6) is 0.322. The maximum Gasteiger partial charge on any atom is 0.289 e. The van der Waals surface area contributed by atoms with E-state index in [9.17, 15) is 4.79 Å². The van der Waals surface area contributed by atoms with Gasteiger partial charge in [-0.1, -0.05) is 47.2 Å². The first-order chi connectivity index (χ1) is 13.7. The van der Waals surface area contributed by atoms with Crippen LogP contribution < -0.4 is 4.74 Å². The van der Waals surface area contributed by atoms with Crippen LogP contribution in [0.1, 0.15) is 23.4 Å². The van der Waals surface area contributed by atoms with Crippen molar-refractivity contribution in [3.05, 3.63) is 59.3 Å². The number of ether oxygens (including phenoxy) is 1. The summed E-state index contributed by atoms with van der Waals surface area (Å²) in [6, 6.07) is 15.2. The first-order valence-corrected chi connectivity index (χ1v) is 10.4. The van der Waals surface area contributed by atoms with Gasteiger partial charge < -0.3 is 14.1 Å². The molecule has 0 spiro atoms. The molecule has 2 aromatic carbocycles. The van der Waals surface area contributed by atoms with Crippen molar-refractivity contribution in [1.82, 2.24) is 9.88 Å². The van der Waals surface area contributed by atoms with Crippen LogP contribution in [-0.2, 0) is 0 Å². The van der Waals surface area contributed by atoms with Crippen LogP contribution in [0.4, 0.5) is 0 Å². The molecule has 1 aliphatic rings. The number of nitrogens with zero attached hydrogens (tertiary/aromatic N) is 2. The van der Waals surface area contributed by atoms with E-state index in [2.05, 4.69) is 4.98 Å². The molecule has 4 aromatic rings. The van der Waals surface area contributed by atoms with E-state index in [1.54, 1.807) is 0 Å². The van der Waals surface area contributed by atoms with Crippen molar-refractivity contribution in [3.8, 4) is 5.19 Å². The summed E-state index contributed by atoms with van der Waals surface area (Å²) in [4.78, 5) is 19.1. The topological polar surface area (TPSA) is 55.6 Å². The molecular weight excluding hydrogens is 396 g/mol. The number of hydrogen-bond donors (Lipinski definition) is 0. The normalized spacial score (nSPS) is 15.4. The van der Waals surface area contributed by atoms with Crippen molar-refractivity contribution < 1.29 is 13.9 Å². The fourth-order valence-corrected chi connectivity index (χ4v) is 4.69. The molecule has 0 bridgehead atoms. The van der Waals surface area contributed by atoms with E-state index in [1.165, 1.54) is 11.3 Å². The Hall–Kier alpha value is -2.57. The number of piperidine rings is 1. The summed E-state index contributed by atoms with van der Waals surface area (Å²) in [6.45, 7) is 1.26. The number of carbonyl (C=O) groups excluding carboxylic acids is 1. The second-order valence-corrected chi connectivity index (χ2v) is 8.22. The van der Waals surface area contributed by atoms with Gasteiger partial charge in [0.15, 0.2) is 5.76 Å². The van der Waals surface area contributed by atoms with Crippen LogP contribution >= 0.6 is 22.9 Å². The number of rotatable bonds is 3. The third-order valence-corrected chi connectivity index (χ3v) is 6.20. The Labute approximate surface area is 170 Å². The van der Waals surface area contributed by atoms with E-state index in [0.29, 0.717) is 29.1 Å². The lowest BCUT2D eigenvalue weighted by atomic mass is 10.1. The number of halogens is 1. The van der Waals surface area contributed by atoms with E-state index < -0.39 is 0 Å². The molecule has 5 rings (SSSR count). The lowest BCUT2D eigenvalue weighted by Gasteiger charge is -2.31. The van der Waals surface area contributed by atoms with Gasteiger partial charge in [0.1, 0.15) is 17.2 Å². The van der Waals surface area contributed by atoms with Crippen molar-refractivity contribution in [2.45, 2.75) is 18.9 Å². The lowest BCUT2D eigenvalue weighted by molar-refractivity contribution is 0.0569. The Kier molecular flexibility index (Phi) is 4.45. The molecule has 1 saturated heterocycles. The molecule has 0 radical (unpaired) electrons. The van der Waals surface area contributed by atoms with Gasteiger partial charge in [0, 0.05) is 31.3 Å². The molecule has 1 aliphatic heterocycles. The number of carbonyl (C=O) groups is 1. The third-order valence-electron chi connectivity index (χ3n) is 4.98. The van der Waals surface area contributed by atoms with Crippen LogP contribution in [0.2, 0.25) is 5.02 Å². The minimum Gasteiger partial charge on any atom is -0.467 e. The molecule has 5 nitrogen and oxygen atoms in total. The molecule has 3 heterocycles. The number of para-hydroxylation sites is 2. The summed E-state index contributed by atoms with van der Waals surface area (Å²) in [6.07, 6.45) is 1.56. The molecule has 2 aromatic heterocycles. The van der Waals surface area contributed by atoms with E-state index >= 15 is 0 Å². The second-order valence-electron chi connectivity index (χ2n) is 6.82. The molecule has 1 amide bonds. The smallest absolute Gasteiger partial charge is 0.289 e. The number of thiazole rings is 1. The molecule has 0 unspecified atom stereocenters. The molecule has 0 aliphatic carbocycles. The molecular formula is C21H17ClN2O3S. The summed E-state index contributed by atoms with van der Waals surface area (Å²) < 4.78 is 12.8. The highest BCUT2D eigenvalue weighted by atomic mass is 35.5. The predicted molar refractivity (Wildman–Crippen MR) is 110 cm³/mol. The first kappa shape index (κ1) is 17.5. The van der Waals surface area contributed by atoms with Crippen LogP contribution in [0.5, 0.6) is 5.19 Å². The fraction of sp³-hybridized carbons (Fsp3) is 0.238. The number of furan rings is 1. The third kappa shape index (κ3) is 3.23. The summed E-state index contributed by atoms with van der Waals surface area (Å²) in [7, 11) is 0. The van der Waals surface area contributed by atoms with Gasteiger partial charge in [-0.25, -0.2) is 4.98 Å². The lowest BCUT2D eigenvalue weighted by Crippen LogP contribution is -2.41. The largest absolute Gasteiger partial charge is 0.467 e. The van der Waals surface area contributed by atoms with Gasteiger partial charge in [0.2, 0.25) is 0 Å². The highest BCUT2D eigenvalue weighted by Crippen LogP contribution is 2.33. The Balaban J connectivity index is 1.24. The Morgan fingerprint density at radius 3 is 2.79 bits per heavy atom. The average molecular weight is 413 g/mol. The standard InChI is InChI=1S/C21H17ClN2O3S/c22-15-5-3-7-18-19(15)23-21(28-18)26-14-8-10-24(11-9-14)20(25)17-12-13-4-1-2-6-16(13)27-17/h1-7,12,14H,8-11H2. The zero-order valence-corrected chi connectivity index (χ0v) is 16.5. The SMILES string of the molecule is O=C(c1cc2ccccc2o1)N1CCC(Oc2nc3c(Cl)cccc3s2)CC1. The van der Waals surface area contributed by atoms with Gasteiger partial charge in [0.05, 0.1) is 9.72 Å². The van der Waals surface area contributed by atoms with Crippen LogP contribution in [0, 0.1) is 0 Å². The monoisotopic (exact) mass is 412 g/mol. The van der Waals surface area contributed by atoms with Crippen LogP contribution in [0.25, 0.3) is 21.2 Å². The van der Waals surface area contributed by atoms with Crippen molar-refractivity contribution >= 4 is 50.0 Å². The van der Waals surface area contributed by atoms with Crippen LogP contribution in [0.3, 0.4) is 0 Å². The predicted octanol–water partition coefficient (Wildman–Crippen LogP) is 5.38. The van der Waals surface area contributed by atoms with Gasteiger partial charge >= 0.3 is 0 Å². The number of fused-ring (bicyclic) bond motifs is 2. The zero-order valence-electron chi connectivity index (χ0n) is 14.9. The molecule has 1 fully saturated rings. The van der Waals surface area contributed by atoms with Crippen molar-refractivity contribution in [2.75, 3.05) is 13.1 Å². The molecule has 7 heteroatoms. The maximum atomic E-state index is 12.8. The van der Waals surface area contributed by atoms with Crippen LogP contribution in [-0.4, -0.2) is 35.0 Å². The number of aromatic nitrogens is 1. The van der Waals surface area contributed by atoms with E-state index in [1.807, 2.05) is 53.4 Å². The van der Waals surface area contributed by atoms with Crippen LogP contribution in [0.15, 0.2) is 52.9 Å². The number of amides is 1. The van der Waals surface area contributed by atoms with Crippen molar-refractivity contribution in [2.24, 2.45) is 0 Å². The Morgan fingerprint density at radius 2 is 2.00 bits per heavy atom. The quantitative estimate of drug-likeness (QED) is 0.453. The summed E-state index contributed by atoms with van der Waals surface area (Å²) >= 11 is 7.69. The van der Waals surface area contributed by atoms with Gasteiger partial charge in [-0.3, -0.25) is 4.79 Å². The Bertz CT molecular complexity index is 1130. The average Bonchev–Trinajstić information content (AvgIpc) is 3.32. The van der Waals surface area contributed by atoms with E-state index in [-0.39, 0.29) is 12.0 Å².